The largest absolute Gasteiger partial charge is 0.388 e. The number of amides is 1. The summed E-state index contributed by atoms with van der Waals surface area (Å²) in [7, 11) is 0. The van der Waals surface area contributed by atoms with Gasteiger partial charge in [-0.2, -0.15) is 0 Å². The summed E-state index contributed by atoms with van der Waals surface area (Å²) < 4.78 is 5.29. The minimum absolute atomic E-state index is 0.145. The standard InChI is InChI=1S/C9H16ClNO3/c1-3-14-8-5-11(4-7(8)12)9(13)6(2)10/h6-8,12H,3-5H2,1-2H3/t6-,7+,8+/m0/s1. The summed E-state index contributed by atoms with van der Waals surface area (Å²) in [5, 5.41) is 9.02. The zero-order chi connectivity index (χ0) is 10.7. The zero-order valence-electron chi connectivity index (χ0n) is 8.44. The van der Waals surface area contributed by atoms with Crippen LogP contribution in [-0.2, 0) is 9.53 Å². The fraction of sp³-hybridized carbons (Fsp3) is 0.889. The smallest absolute Gasteiger partial charge is 0.240 e. The van der Waals surface area contributed by atoms with E-state index in [1.165, 1.54) is 0 Å². The minimum atomic E-state index is -0.589. The maximum Gasteiger partial charge on any atom is 0.240 e. The number of aliphatic hydroxyl groups is 1. The summed E-state index contributed by atoms with van der Waals surface area (Å²) in [4.78, 5) is 13.0. The van der Waals surface area contributed by atoms with Crippen molar-refractivity contribution in [2.75, 3.05) is 19.7 Å². The first-order chi connectivity index (χ1) is 6.56. The number of aliphatic hydroxyl groups excluding tert-OH is 1. The summed E-state index contributed by atoms with van der Waals surface area (Å²) >= 11 is 5.67. The first-order valence-corrected chi connectivity index (χ1v) is 5.22. The van der Waals surface area contributed by atoms with E-state index < -0.39 is 11.5 Å². The molecule has 0 unspecified atom stereocenters. The second-order valence-corrected chi connectivity index (χ2v) is 4.08. The second kappa shape index (κ2) is 4.96. The van der Waals surface area contributed by atoms with Crippen LogP contribution in [0.5, 0.6) is 0 Å². The molecule has 1 fully saturated rings. The van der Waals surface area contributed by atoms with E-state index in [0.29, 0.717) is 19.7 Å². The second-order valence-electron chi connectivity index (χ2n) is 3.42. The molecular formula is C9H16ClNO3. The van der Waals surface area contributed by atoms with Gasteiger partial charge in [0.05, 0.1) is 6.10 Å². The van der Waals surface area contributed by atoms with Crippen molar-refractivity contribution in [1.82, 2.24) is 4.90 Å². The number of likely N-dealkylation sites (tertiary alicyclic amines) is 1. The monoisotopic (exact) mass is 221 g/mol. The Morgan fingerprint density at radius 2 is 2.36 bits per heavy atom. The van der Waals surface area contributed by atoms with E-state index in [0.717, 1.165) is 0 Å². The van der Waals surface area contributed by atoms with Crippen LogP contribution < -0.4 is 0 Å². The van der Waals surface area contributed by atoms with Gasteiger partial charge < -0.3 is 14.7 Å². The van der Waals surface area contributed by atoms with Gasteiger partial charge in [0.25, 0.3) is 0 Å². The molecule has 0 aromatic carbocycles. The summed E-state index contributed by atoms with van der Waals surface area (Å²) in [5.74, 6) is -0.145. The van der Waals surface area contributed by atoms with Gasteiger partial charge in [-0.05, 0) is 13.8 Å². The van der Waals surface area contributed by atoms with Crippen LogP contribution in [0.3, 0.4) is 0 Å². The van der Waals surface area contributed by atoms with Gasteiger partial charge in [-0.15, -0.1) is 11.6 Å². The molecule has 1 aliphatic heterocycles. The lowest BCUT2D eigenvalue weighted by Crippen LogP contribution is -2.34. The molecule has 0 aromatic rings. The number of hydrogen-bond acceptors (Lipinski definition) is 3. The molecule has 1 saturated heterocycles. The zero-order valence-corrected chi connectivity index (χ0v) is 9.20. The maximum absolute atomic E-state index is 11.5. The highest BCUT2D eigenvalue weighted by atomic mass is 35.5. The van der Waals surface area contributed by atoms with Gasteiger partial charge in [0.1, 0.15) is 11.5 Å². The molecule has 82 valence electrons. The van der Waals surface area contributed by atoms with Gasteiger partial charge in [-0.1, -0.05) is 0 Å². The Kier molecular flexibility index (Phi) is 4.16. The maximum atomic E-state index is 11.5. The van der Waals surface area contributed by atoms with Crippen LogP contribution in [0, 0.1) is 0 Å². The van der Waals surface area contributed by atoms with Gasteiger partial charge in [0.2, 0.25) is 5.91 Å². The predicted molar refractivity (Wildman–Crippen MR) is 53.3 cm³/mol. The third-order valence-electron chi connectivity index (χ3n) is 2.27. The summed E-state index contributed by atoms with van der Waals surface area (Å²) in [6.07, 6.45) is -0.853. The molecule has 1 heterocycles. The van der Waals surface area contributed by atoms with Gasteiger partial charge >= 0.3 is 0 Å². The molecule has 0 aliphatic carbocycles. The highest BCUT2D eigenvalue weighted by molar-refractivity contribution is 6.30. The molecule has 0 aromatic heterocycles. The Balaban J connectivity index is 2.49. The number of rotatable bonds is 3. The molecule has 1 aliphatic rings. The van der Waals surface area contributed by atoms with Crippen LogP contribution >= 0.6 is 11.6 Å². The quantitative estimate of drug-likeness (QED) is 0.694. The molecule has 14 heavy (non-hydrogen) atoms. The third kappa shape index (κ3) is 2.59. The number of alkyl halides is 1. The molecule has 1 amide bonds. The van der Waals surface area contributed by atoms with E-state index in [-0.39, 0.29) is 12.0 Å². The number of halogens is 1. The Hall–Kier alpha value is -0.320. The summed E-state index contributed by atoms with van der Waals surface area (Å²) in [5.41, 5.74) is 0. The number of hydrogen-bond donors (Lipinski definition) is 1. The van der Waals surface area contributed by atoms with Crippen molar-refractivity contribution >= 4 is 17.5 Å². The Morgan fingerprint density at radius 3 is 2.86 bits per heavy atom. The Labute approximate surface area is 88.8 Å². The van der Waals surface area contributed by atoms with Crippen molar-refractivity contribution < 1.29 is 14.6 Å². The molecule has 0 spiro atoms. The van der Waals surface area contributed by atoms with Crippen molar-refractivity contribution in [2.45, 2.75) is 31.4 Å². The predicted octanol–water partition coefficient (Wildman–Crippen LogP) is 0.222. The number of nitrogens with zero attached hydrogens (tertiary/aromatic N) is 1. The molecule has 4 nitrogen and oxygen atoms in total. The fourth-order valence-electron chi connectivity index (χ4n) is 1.57. The molecule has 5 heteroatoms. The van der Waals surface area contributed by atoms with Gasteiger partial charge in [-0.3, -0.25) is 4.79 Å². The lowest BCUT2D eigenvalue weighted by Gasteiger charge is -2.16. The summed E-state index contributed by atoms with van der Waals surface area (Å²) in [6, 6.07) is 0. The van der Waals surface area contributed by atoms with Crippen molar-refractivity contribution in [3.05, 3.63) is 0 Å². The van der Waals surface area contributed by atoms with Crippen LogP contribution in [0.2, 0.25) is 0 Å². The van der Waals surface area contributed by atoms with Crippen molar-refractivity contribution in [3.63, 3.8) is 0 Å². The Bertz CT molecular complexity index is 210. The number of carbonyl (C=O) groups excluding carboxylic acids is 1. The van der Waals surface area contributed by atoms with Gasteiger partial charge in [0, 0.05) is 19.7 Å². The van der Waals surface area contributed by atoms with Gasteiger partial charge in [-0.25, -0.2) is 0 Å². The van der Waals surface area contributed by atoms with Crippen molar-refractivity contribution in [3.8, 4) is 0 Å². The number of ether oxygens (including phenoxy) is 1. The number of β-amino-alcohol motifs (C(OH)–C–C–N with tert-alkyl or cyclic N) is 1. The van der Waals surface area contributed by atoms with E-state index in [1.807, 2.05) is 6.92 Å². The van der Waals surface area contributed by atoms with Crippen molar-refractivity contribution in [2.24, 2.45) is 0 Å². The fourth-order valence-corrected chi connectivity index (χ4v) is 1.70. The lowest BCUT2D eigenvalue weighted by atomic mass is 10.3. The minimum Gasteiger partial charge on any atom is -0.388 e. The molecule has 3 atom stereocenters. The molecular weight excluding hydrogens is 206 g/mol. The first kappa shape index (κ1) is 11.8. The summed E-state index contributed by atoms with van der Waals surface area (Å²) in [6.45, 7) is 4.79. The van der Waals surface area contributed by atoms with Crippen LogP contribution in [0.15, 0.2) is 0 Å². The first-order valence-electron chi connectivity index (χ1n) is 4.78. The molecule has 0 radical (unpaired) electrons. The molecule has 1 rings (SSSR count). The normalized spacial score (nSPS) is 29.3. The van der Waals surface area contributed by atoms with Crippen LogP contribution in [-0.4, -0.2) is 53.2 Å². The molecule has 1 N–H and O–H groups in total. The lowest BCUT2D eigenvalue weighted by molar-refractivity contribution is -0.130. The van der Waals surface area contributed by atoms with E-state index in [4.69, 9.17) is 16.3 Å². The van der Waals surface area contributed by atoms with Gasteiger partial charge in [0.15, 0.2) is 0 Å². The molecule has 0 bridgehead atoms. The van der Waals surface area contributed by atoms with E-state index in [1.54, 1.807) is 11.8 Å². The van der Waals surface area contributed by atoms with E-state index in [2.05, 4.69) is 0 Å². The highest BCUT2D eigenvalue weighted by Gasteiger charge is 2.35. The SMILES string of the molecule is CCO[C@@H]1CN(C(=O)[C@H](C)Cl)C[C@H]1O. The third-order valence-corrected chi connectivity index (χ3v) is 2.46. The van der Waals surface area contributed by atoms with Crippen molar-refractivity contribution in [1.29, 1.82) is 0 Å². The molecule has 0 saturated carbocycles. The average molecular weight is 222 g/mol. The van der Waals surface area contributed by atoms with E-state index in [9.17, 15) is 9.90 Å². The Morgan fingerprint density at radius 1 is 1.71 bits per heavy atom. The average Bonchev–Trinajstić information content (AvgIpc) is 2.47. The topological polar surface area (TPSA) is 49.8 Å². The number of carbonyl (C=O) groups is 1. The van der Waals surface area contributed by atoms with Crippen LogP contribution in [0.4, 0.5) is 0 Å². The van der Waals surface area contributed by atoms with E-state index >= 15 is 0 Å². The van der Waals surface area contributed by atoms with Crippen LogP contribution in [0.1, 0.15) is 13.8 Å². The highest BCUT2D eigenvalue weighted by Crippen LogP contribution is 2.15. The van der Waals surface area contributed by atoms with Crippen LogP contribution in [0.25, 0.3) is 0 Å².